The first-order valence-corrected chi connectivity index (χ1v) is 6.28. The summed E-state index contributed by atoms with van der Waals surface area (Å²) >= 11 is 3.47. The molecule has 0 amide bonds. The van der Waals surface area contributed by atoms with Crippen LogP contribution in [0.15, 0.2) is 22.7 Å². The van der Waals surface area contributed by atoms with E-state index in [0.29, 0.717) is 0 Å². The van der Waals surface area contributed by atoms with Gasteiger partial charge in [-0.25, -0.2) is 0 Å². The molecule has 0 bridgehead atoms. The predicted octanol–water partition coefficient (Wildman–Crippen LogP) is 3.87. The van der Waals surface area contributed by atoms with Gasteiger partial charge in [0.25, 0.3) is 0 Å². The van der Waals surface area contributed by atoms with Crippen LogP contribution in [-0.4, -0.2) is 4.98 Å². The monoisotopic (exact) mass is 274 g/mol. The highest BCUT2D eigenvalue weighted by atomic mass is 79.9. The third-order valence-electron chi connectivity index (χ3n) is 3.31. The third kappa shape index (κ3) is 1.37. The number of aryl methyl sites for hydroxylation is 1. The van der Waals surface area contributed by atoms with Crippen LogP contribution in [0.3, 0.4) is 0 Å². The van der Waals surface area contributed by atoms with Gasteiger partial charge in [0, 0.05) is 21.1 Å². The molecule has 80 valence electrons. The van der Waals surface area contributed by atoms with Gasteiger partial charge in [0.2, 0.25) is 0 Å². The van der Waals surface area contributed by atoms with Crippen molar-refractivity contribution >= 4 is 26.8 Å². The summed E-state index contributed by atoms with van der Waals surface area (Å²) in [7, 11) is 0. The molecule has 1 aromatic heterocycles. The average molecular weight is 275 g/mol. The van der Waals surface area contributed by atoms with Crippen molar-refractivity contribution in [3.05, 3.63) is 33.9 Å². The second-order valence-electron chi connectivity index (χ2n) is 4.28. The fraction of sp³-hybridized carbons (Fsp3) is 0.308. The van der Waals surface area contributed by atoms with Gasteiger partial charge in [-0.1, -0.05) is 22.0 Å². The lowest BCUT2D eigenvalue weighted by Gasteiger charge is -2.16. The van der Waals surface area contributed by atoms with Crippen LogP contribution >= 0.6 is 15.9 Å². The second-order valence-corrected chi connectivity index (χ2v) is 5.20. The number of rotatable bonds is 0. The number of hydrogen-bond donors (Lipinski definition) is 1. The molecule has 0 spiro atoms. The summed E-state index contributed by atoms with van der Waals surface area (Å²) in [5.74, 6) is 0.0682. The molecule has 2 aromatic rings. The van der Waals surface area contributed by atoms with Crippen molar-refractivity contribution in [3.63, 3.8) is 0 Å². The number of halogens is 1. The minimum absolute atomic E-state index is 0.0682. The molecule has 1 N–H and O–H groups in total. The number of nitriles is 1. The molecule has 2 nitrogen and oxygen atoms in total. The van der Waals surface area contributed by atoms with Gasteiger partial charge >= 0.3 is 0 Å². The highest BCUT2D eigenvalue weighted by molar-refractivity contribution is 9.10. The number of nitrogens with one attached hydrogen (secondary N) is 1. The zero-order chi connectivity index (χ0) is 11.1. The Morgan fingerprint density at radius 2 is 2.31 bits per heavy atom. The molecular formula is C13H11BrN2. The van der Waals surface area contributed by atoms with E-state index in [1.165, 1.54) is 16.6 Å². The first kappa shape index (κ1) is 9.92. The molecule has 1 aliphatic carbocycles. The van der Waals surface area contributed by atoms with E-state index in [1.807, 2.05) is 6.07 Å². The lowest BCUT2D eigenvalue weighted by molar-refractivity contribution is 0.633. The van der Waals surface area contributed by atoms with Crippen molar-refractivity contribution in [1.82, 2.24) is 4.98 Å². The molecule has 0 radical (unpaired) electrons. The maximum Gasteiger partial charge on any atom is 0.0736 e. The van der Waals surface area contributed by atoms with Crippen LogP contribution in [0.1, 0.15) is 30.0 Å². The van der Waals surface area contributed by atoms with Crippen LogP contribution in [-0.2, 0) is 6.42 Å². The van der Waals surface area contributed by atoms with Crippen LogP contribution in [0, 0.1) is 11.3 Å². The largest absolute Gasteiger partial charge is 0.358 e. The minimum Gasteiger partial charge on any atom is -0.358 e. The molecule has 1 unspecified atom stereocenters. The molecule has 16 heavy (non-hydrogen) atoms. The van der Waals surface area contributed by atoms with E-state index in [-0.39, 0.29) is 5.92 Å². The number of benzene rings is 1. The van der Waals surface area contributed by atoms with Crippen LogP contribution in [0.2, 0.25) is 0 Å². The Bertz CT molecular complexity index is 592. The fourth-order valence-corrected chi connectivity index (χ4v) is 2.96. The maximum absolute atomic E-state index is 9.20. The number of aromatic amines is 1. The van der Waals surface area contributed by atoms with Crippen molar-refractivity contribution in [2.75, 3.05) is 0 Å². The average Bonchev–Trinajstić information content (AvgIpc) is 2.65. The summed E-state index contributed by atoms with van der Waals surface area (Å²) in [5.41, 5.74) is 3.63. The van der Waals surface area contributed by atoms with Crippen molar-refractivity contribution in [2.24, 2.45) is 0 Å². The van der Waals surface area contributed by atoms with Gasteiger partial charge in [0.05, 0.1) is 12.0 Å². The number of H-pyrrole nitrogens is 1. The fourth-order valence-electron chi connectivity index (χ4n) is 2.60. The van der Waals surface area contributed by atoms with E-state index in [0.717, 1.165) is 29.3 Å². The lowest BCUT2D eigenvalue weighted by atomic mass is 9.86. The van der Waals surface area contributed by atoms with Gasteiger partial charge in [0.15, 0.2) is 0 Å². The topological polar surface area (TPSA) is 39.6 Å². The summed E-state index contributed by atoms with van der Waals surface area (Å²) in [6.45, 7) is 0. The van der Waals surface area contributed by atoms with Gasteiger partial charge in [-0.05, 0) is 37.0 Å². The van der Waals surface area contributed by atoms with Crippen LogP contribution in [0.5, 0.6) is 0 Å². The molecule has 1 atom stereocenters. The molecule has 0 saturated carbocycles. The first-order chi connectivity index (χ1) is 7.79. The molecule has 1 aromatic carbocycles. The lowest BCUT2D eigenvalue weighted by Crippen LogP contribution is -2.06. The van der Waals surface area contributed by atoms with Crippen molar-refractivity contribution in [3.8, 4) is 6.07 Å². The molecule has 1 heterocycles. The van der Waals surface area contributed by atoms with E-state index >= 15 is 0 Å². The highest BCUT2D eigenvalue weighted by Gasteiger charge is 2.24. The zero-order valence-corrected chi connectivity index (χ0v) is 10.3. The Balaban J connectivity index is 2.31. The first-order valence-electron chi connectivity index (χ1n) is 5.49. The Hall–Kier alpha value is -1.27. The van der Waals surface area contributed by atoms with Crippen LogP contribution in [0.25, 0.3) is 10.9 Å². The summed E-state index contributed by atoms with van der Waals surface area (Å²) in [4.78, 5) is 3.44. The minimum atomic E-state index is 0.0682. The Morgan fingerprint density at radius 3 is 3.12 bits per heavy atom. The van der Waals surface area contributed by atoms with Gasteiger partial charge in [0.1, 0.15) is 0 Å². The van der Waals surface area contributed by atoms with E-state index in [4.69, 9.17) is 0 Å². The Kier molecular flexibility index (Phi) is 2.26. The summed E-state index contributed by atoms with van der Waals surface area (Å²) in [5, 5.41) is 10.4. The molecule has 3 heteroatoms. The molecule has 1 aliphatic rings. The number of nitrogens with zero attached hydrogens (tertiary/aromatic N) is 1. The standard InChI is InChI=1S/C13H11BrN2/c14-9-4-5-10-12(6-9)16-11-3-1-2-8(7-15)13(10)11/h4-6,8,16H,1-3H2. The predicted molar refractivity (Wildman–Crippen MR) is 67.3 cm³/mol. The van der Waals surface area contributed by atoms with E-state index in [1.54, 1.807) is 0 Å². The highest BCUT2D eigenvalue weighted by Crippen LogP contribution is 2.37. The number of aromatic nitrogens is 1. The van der Waals surface area contributed by atoms with Crippen molar-refractivity contribution in [1.29, 1.82) is 5.26 Å². The van der Waals surface area contributed by atoms with Gasteiger partial charge in [-0.3, -0.25) is 0 Å². The molecule has 0 fully saturated rings. The molecule has 0 saturated heterocycles. The van der Waals surface area contributed by atoms with Gasteiger partial charge < -0.3 is 4.98 Å². The normalized spacial score (nSPS) is 19.4. The van der Waals surface area contributed by atoms with Crippen LogP contribution in [0.4, 0.5) is 0 Å². The van der Waals surface area contributed by atoms with E-state index < -0.39 is 0 Å². The van der Waals surface area contributed by atoms with Crippen LogP contribution < -0.4 is 0 Å². The summed E-state index contributed by atoms with van der Waals surface area (Å²) < 4.78 is 1.08. The Morgan fingerprint density at radius 1 is 1.44 bits per heavy atom. The second kappa shape index (κ2) is 3.64. The van der Waals surface area contributed by atoms with E-state index in [9.17, 15) is 5.26 Å². The quantitative estimate of drug-likeness (QED) is 0.778. The van der Waals surface area contributed by atoms with Gasteiger partial charge in [-0.2, -0.15) is 5.26 Å². The third-order valence-corrected chi connectivity index (χ3v) is 3.80. The summed E-state index contributed by atoms with van der Waals surface area (Å²) in [6.07, 6.45) is 3.17. The summed E-state index contributed by atoms with van der Waals surface area (Å²) in [6, 6.07) is 8.65. The zero-order valence-electron chi connectivity index (χ0n) is 8.76. The SMILES string of the molecule is N#CC1CCCc2[nH]c3cc(Br)ccc3c21. The number of hydrogen-bond acceptors (Lipinski definition) is 1. The molecule has 0 aliphatic heterocycles. The Labute approximate surface area is 102 Å². The molecular weight excluding hydrogens is 264 g/mol. The molecule has 3 rings (SSSR count). The smallest absolute Gasteiger partial charge is 0.0736 e. The van der Waals surface area contributed by atoms with Crippen molar-refractivity contribution < 1.29 is 0 Å². The van der Waals surface area contributed by atoms with E-state index in [2.05, 4.69) is 39.1 Å². The van der Waals surface area contributed by atoms with Gasteiger partial charge in [-0.15, -0.1) is 0 Å². The maximum atomic E-state index is 9.20. The number of fused-ring (bicyclic) bond motifs is 3. The van der Waals surface area contributed by atoms with Crippen molar-refractivity contribution in [2.45, 2.75) is 25.2 Å².